The smallest absolute Gasteiger partial charge is 0.488 e. The molecule has 0 atom stereocenters. The summed E-state index contributed by atoms with van der Waals surface area (Å²) in [5.74, 6) is -0.771. The van der Waals surface area contributed by atoms with E-state index < -0.39 is 109 Å². The molecule has 2 heterocycles. The minimum atomic E-state index is -2.07. The molecule has 0 amide bonds. The van der Waals surface area contributed by atoms with Crippen molar-refractivity contribution in [3.05, 3.63) is 112 Å². The van der Waals surface area contributed by atoms with Crippen LogP contribution >= 0.6 is 46.4 Å². The molecule has 2 N–H and O–H groups in total. The van der Waals surface area contributed by atoms with Crippen molar-refractivity contribution < 1.29 is 32.0 Å². The molecule has 37 heavy (non-hydrogen) atoms. The van der Waals surface area contributed by atoms with Gasteiger partial charge in [0.25, 0.3) is 0 Å². The summed E-state index contributed by atoms with van der Waals surface area (Å²) in [6.07, 6.45) is 0. The van der Waals surface area contributed by atoms with E-state index in [1.165, 1.54) is 0 Å². The summed E-state index contributed by atoms with van der Waals surface area (Å²) in [5, 5.41) is 17.2. The lowest BCUT2D eigenvalue weighted by atomic mass is 9.81. The SMILES string of the molecule is Clc1nc(Cl)nc(Cl)n1.[2H]c1c([2H])c([2H])c(-c2nc(Cl)nc(-c3c([2H])c([2H])c([2H])c([2H])c3[2H])n2)c([2H])c1[2H].[2H]c1c([2H])c([2H])c(B(O)O)c([2H])c1[2H].[3H-]. The Balaban J connectivity index is 0.000000334. The van der Waals surface area contributed by atoms with E-state index in [0.29, 0.717) is 0 Å². The molecular formula is C24H18BCl4N6O2-. The van der Waals surface area contributed by atoms with E-state index in [2.05, 4.69) is 29.9 Å². The second kappa shape index (κ2) is 14.5. The van der Waals surface area contributed by atoms with Gasteiger partial charge in [0, 0.05) is 11.1 Å². The second-order valence-corrected chi connectivity index (χ2v) is 7.16. The van der Waals surface area contributed by atoms with Crippen LogP contribution in [0.3, 0.4) is 0 Å². The van der Waals surface area contributed by atoms with Gasteiger partial charge in [-0.15, -0.1) is 0 Å². The Morgan fingerprint density at radius 1 is 0.514 bits per heavy atom. The van der Waals surface area contributed by atoms with Crippen molar-refractivity contribution in [1.29, 1.82) is 0 Å². The molecule has 13 heteroatoms. The van der Waals surface area contributed by atoms with Gasteiger partial charge in [-0.3, -0.25) is 0 Å². The van der Waals surface area contributed by atoms with Crippen LogP contribution in [0.5, 0.6) is 0 Å². The van der Waals surface area contributed by atoms with Gasteiger partial charge in [-0.1, -0.05) is 90.6 Å². The van der Waals surface area contributed by atoms with E-state index in [1.807, 2.05) is 0 Å². The number of nitrogens with zero attached hydrogens (tertiary/aromatic N) is 6. The van der Waals surface area contributed by atoms with E-state index in [0.717, 1.165) is 0 Å². The van der Waals surface area contributed by atoms with Crippen LogP contribution < -0.4 is 5.46 Å². The molecule has 0 aliphatic carbocycles. The summed E-state index contributed by atoms with van der Waals surface area (Å²) in [4.78, 5) is 22.0. The predicted octanol–water partition coefficient (Wildman–Crippen LogP) is 5.17. The van der Waals surface area contributed by atoms with E-state index in [4.69, 9.17) is 77.0 Å². The zero-order chi connectivity index (χ0) is 39.7. The molecule has 8 nitrogen and oxygen atoms in total. The third kappa shape index (κ3) is 9.66. The Morgan fingerprint density at radius 3 is 1.19 bits per heavy atom. The normalized spacial score (nSPS) is 15.6. The van der Waals surface area contributed by atoms with Gasteiger partial charge in [-0.25, -0.2) is 4.98 Å². The first kappa shape index (κ1) is 14.1. The number of aromatic nitrogens is 6. The molecular weight excluding hydrogens is 557 g/mol. The maximum atomic E-state index is 8.81. The number of hydrogen-bond acceptors (Lipinski definition) is 8. The minimum Gasteiger partial charge on any atom is -1.00 e. The fraction of sp³-hybridized carbons (Fsp3) is 0. The van der Waals surface area contributed by atoms with Gasteiger partial charge in [0.05, 0.1) is 20.6 Å². The van der Waals surface area contributed by atoms with Crippen molar-refractivity contribution in [2.75, 3.05) is 0 Å². The molecule has 0 spiro atoms. The van der Waals surface area contributed by atoms with Gasteiger partial charge in [0.15, 0.2) is 11.6 Å². The molecule has 5 aromatic rings. The molecule has 0 unspecified atom stereocenters. The molecule has 0 radical (unpaired) electrons. The van der Waals surface area contributed by atoms with Crippen molar-refractivity contribution in [3.63, 3.8) is 0 Å². The average molecular weight is 592 g/mol. The van der Waals surface area contributed by atoms with E-state index in [-0.39, 0.29) is 40.1 Å². The molecule has 5 rings (SSSR count). The summed E-state index contributed by atoms with van der Waals surface area (Å²) in [5.41, 5.74) is -1.21. The third-order valence-electron chi connectivity index (χ3n) is 3.39. The number of benzene rings is 3. The lowest BCUT2D eigenvalue weighted by molar-refractivity contribution is 0.426. The Morgan fingerprint density at radius 2 is 0.838 bits per heavy atom. The topological polar surface area (TPSA) is 118 Å². The average Bonchev–Trinajstić information content (AvgIpc) is 3.06. The van der Waals surface area contributed by atoms with Crippen molar-refractivity contribution in [2.24, 2.45) is 0 Å². The zero-order valence-electron chi connectivity index (χ0n) is 33.7. The highest BCUT2D eigenvalue weighted by molar-refractivity contribution is 6.58. The molecule has 0 saturated heterocycles. The Kier molecular flexibility index (Phi) is 5.54. The van der Waals surface area contributed by atoms with Crippen LogP contribution in [0.4, 0.5) is 0 Å². The Bertz CT molecular complexity index is 2000. The van der Waals surface area contributed by atoms with Crippen LogP contribution in [0.1, 0.15) is 22.0 Å². The van der Waals surface area contributed by atoms with Crippen molar-refractivity contribution in [1.82, 2.24) is 29.9 Å². The third-order valence-corrected chi connectivity index (χ3v) is 4.06. The highest BCUT2D eigenvalue weighted by Gasteiger charge is 2.09. The van der Waals surface area contributed by atoms with Gasteiger partial charge in [-0.2, -0.15) is 24.9 Å². The van der Waals surface area contributed by atoms with Crippen LogP contribution in [0.25, 0.3) is 22.8 Å². The molecule has 0 bridgehead atoms. The van der Waals surface area contributed by atoms with Gasteiger partial charge >= 0.3 is 7.12 Å². The van der Waals surface area contributed by atoms with Gasteiger partial charge in [0.1, 0.15) is 0 Å². The largest absolute Gasteiger partial charge is 1.00 e. The second-order valence-electron chi connectivity index (χ2n) is 5.81. The fourth-order valence-electron chi connectivity index (χ4n) is 1.99. The summed E-state index contributed by atoms with van der Waals surface area (Å²) in [7, 11) is -2.07. The first-order valence-electron chi connectivity index (χ1n) is 16.7. The van der Waals surface area contributed by atoms with Crippen LogP contribution in [0.2, 0.25) is 21.1 Å². The summed E-state index contributed by atoms with van der Waals surface area (Å²) < 4.78 is 115. The highest BCUT2D eigenvalue weighted by Crippen LogP contribution is 2.21. The first-order valence-corrected chi connectivity index (χ1v) is 10.8. The standard InChI is InChI=1S/C15H10ClN3.C6H7BO2.C3Cl3N3.H/c16-15-18-13(11-7-3-1-4-8-11)17-14(19-15)12-9-5-2-6-10-12;8-7(9)6-4-2-1-3-5-6;4-1-7-2(5)9-3(6)8-1;/h1-10H;1-5,8-9H;;/q;;;-1/i1D,2D,3D,4D,5D,6D,7D,8D,9D,10D;1D,2D,3D,4D,5D;;1+2. The van der Waals surface area contributed by atoms with Gasteiger partial charge in [-0.05, 0) is 51.9 Å². The van der Waals surface area contributed by atoms with E-state index in [1.54, 1.807) is 0 Å². The van der Waals surface area contributed by atoms with Crippen LogP contribution in [-0.4, -0.2) is 47.1 Å². The molecule has 2 aromatic heterocycles. The molecule has 0 saturated carbocycles. The molecule has 188 valence electrons. The molecule has 3 aromatic carbocycles. The van der Waals surface area contributed by atoms with Crippen LogP contribution in [0.15, 0.2) is 90.6 Å². The lowest BCUT2D eigenvalue weighted by Gasteiger charge is -2.04. The summed E-state index contributed by atoms with van der Waals surface area (Å²) >= 11 is 21.9. The number of rotatable bonds is 3. The quantitative estimate of drug-likeness (QED) is 0.276. The van der Waals surface area contributed by atoms with Crippen molar-refractivity contribution in [2.45, 2.75) is 0 Å². The summed E-state index contributed by atoms with van der Waals surface area (Å²) in [6, 6.07) is -8.84. The molecule has 0 aliphatic heterocycles. The Hall–Kier alpha value is -3.18. The monoisotopic (exact) mass is 590 g/mol. The maximum Gasteiger partial charge on any atom is 0.488 e. The maximum absolute atomic E-state index is 8.81. The number of halogens is 4. The number of hydrogen-bond donors (Lipinski definition) is 2. The first-order chi connectivity index (χ1) is 24.0. The Labute approximate surface area is 255 Å². The van der Waals surface area contributed by atoms with Gasteiger partial charge in [0.2, 0.25) is 21.1 Å². The minimum absolute atomic E-state index is 0. The lowest BCUT2D eigenvalue weighted by Crippen LogP contribution is -2.29. The van der Waals surface area contributed by atoms with Gasteiger partial charge < -0.3 is 11.5 Å². The van der Waals surface area contributed by atoms with E-state index >= 15 is 0 Å². The summed E-state index contributed by atoms with van der Waals surface area (Å²) in [6.45, 7) is 0. The predicted molar refractivity (Wildman–Crippen MR) is 148 cm³/mol. The fourth-order valence-corrected chi connectivity index (χ4v) is 2.76. The molecule has 0 fully saturated rings. The van der Waals surface area contributed by atoms with E-state index in [9.17, 15) is 0 Å². The van der Waals surface area contributed by atoms with Crippen molar-refractivity contribution in [3.8, 4) is 22.8 Å². The zero-order valence-corrected chi connectivity index (χ0v) is 20.7. The van der Waals surface area contributed by atoms with Crippen molar-refractivity contribution >= 4 is 59.0 Å². The van der Waals surface area contributed by atoms with Crippen LogP contribution in [0, 0.1) is 0 Å². The highest BCUT2D eigenvalue weighted by atomic mass is 35.5. The van der Waals surface area contributed by atoms with Crippen LogP contribution in [-0.2, 0) is 0 Å². The molecule has 0 aliphatic rings.